The number of sulfonamides is 1. The first-order chi connectivity index (χ1) is 12.4. The number of carbonyl (C=O) groups excluding carboxylic acids is 1. The predicted molar refractivity (Wildman–Crippen MR) is 104 cm³/mol. The van der Waals surface area contributed by atoms with Gasteiger partial charge in [0, 0.05) is 6.42 Å². The van der Waals surface area contributed by atoms with E-state index in [4.69, 9.17) is 0 Å². The molecule has 3 rings (SSSR count). The van der Waals surface area contributed by atoms with Crippen LogP contribution in [-0.4, -0.2) is 26.4 Å². The highest BCUT2D eigenvalue weighted by Crippen LogP contribution is 2.26. The van der Waals surface area contributed by atoms with Gasteiger partial charge in [-0.3, -0.25) is 4.79 Å². The van der Waals surface area contributed by atoms with E-state index in [2.05, 4.69) is 15.0 Å². The molecule has 2 aromatic carbocycles. The van der Waals surface area contributed by atoms with Crippen molar-refractivity contribution in [3.63, 3.8) is 0 Å². The van der Waals surface area contributed by atoms with Gasteiger partial charge in [-0.25, -0.2) is 18.1 Å². The molecule has 0 saturated carbocycles. The Morgan fingerprint density at radius 2 is 1.88 bits per heavy atom. The predicted octanol–water partition coefficient (Wildman–Crippen LogP) is 3.08. The first-order valence-electron chi connectivity index (χ1n) is 8.07. The first-order valence-corrected chi connectivity index (χ1v) is 10.4. The summed E-state index contributed by atoms with van der Waals surface area (Å²) in [5.41, 5.74) is 2.93. The summed E-state index contributed by atoms with van der Waals surface area (Å²) in [5.74, 6) is -0.118. The number of hydrogen-bond acceptors (Lipinski definition) is 5. The molecule has 0 aliphatic carbocycles. The number of rotatable bonds is 6. The number of nitrogens with one attached hydrogen (secondary N) is 2. The first kappa shape index (κ1) is 18.5. The van der Waals surface area contributed by atoms with Crippen molar-refractivity contribution in [2.75, 3.05) is 12.4 Å². The van der Waals surface area contributed by atoms with Crippen LogP contribution in [0.5, 0.6) is 0 Å². The van der Waals surface area contributed by atoms with Crippen LogP contribution in [0, 0.1) is 6.92 Å². The fourth-order valence-corrected chi connectivity index (χ4v) is 4.19. The Hall–Kier alpha value is -2.29. The Morgan fingerprint density at radius 3 is 2.58 bits per heavy atom. The van der Waals surface area contributed by atoms with Crippen molar-refractivity contribution in [3.8, 4) is 0 Å². The second-order valence-corrected chi connectivity index (χ2v) is 8.81. The summed E-state index contributed by atoms with van der Waals surface area (Å²) >= 11 is 1.45. The zero-order valence-corrected chi connectivity index (χ0v) is 16.1. The van der Waals surface area contributed by atoms with Crippen LogP contribution in [0.3, 0.4) is 0 Å². The van der Waals surface area contributed by atoms with E-state index in [9.17, 15) is 13.2 Å². The van der Waals surface area contributed by atoms with E-state index in [0.29, 0.717) is 18.0 Å². The van der Waals surface area contributed by atoms with Gasteiger partial charge < -0.3 is 5.32 Å². The lowest BCUT2D eigenvalue weighted by molar-refractivity contribution is -0.116. The number of thiazole rings is 1. The minimum absolute atomic E-state index is 0.118. The molecule has 0 unspecified atom stereocenters. The molecule has 6 nitrogen and oxygen atoms in total. The van der Waals surface area contributed by atoms with Crippen molar-refractivity contribution < 1.29 is 13.2 Å². The molecule has 1 amide bonds. The molecule has 3 aromatic rings. The van der Waals surface area contributed by atoms with E-state index in [0.717, 1.165) is 21.3 Å². The fourth-order valence-electron chi connectivity index (χ4n) is 2.48. The maximum atomic E-state index is 12.2. The molecule has 8 heteroatoms. The zero-order valence-electron chi connectivity index (χ0n) is 14.4. The van der Waals surface area contributed by atoms with Gasteiger partial charge in [0.25, 0.3) is 0 Å². The number of fused-ring (bicyclic) bond motifs is 1. The number of amides is 1. The van der Waals surface area contributed by atoms with E-state index in [-0.39, 0.29) is 10.8 Å². The molecule has 0 radical (unpaired) electrons. The normalized spacial score (nSPS) is 11.6. The van der Waals surface area contributed by atoms with Crippen molar-refractivity contribution in [2.45, 2.75) is 24.7 Å². The standard InChI is InChI=1S/C18H19N3O3S2/c1-12-3-9-15-16(11-12)25-18(20-15)21-17(22)10-6-13-4-7-14(8-5-13)26(23,24)19-2/h3-5,7-9,11,19H,6,10H2,1-2H3,(H,20,21,22). The van der Waals surface area contributed by atoms with Crippen LogP contribution in [0.4, 0.5) is 5.13 Å². The zero-order chi connectivity index (χ0) is 18.7. The molecule has 1 aromatic heterocycles. The van der Waals surface area contributed by atoms with Crippen molar-refractivity contribution in [1.82, 2.24) is 9.71 Å². The molecular weight excluding hydrogens is 370 g/mol. The third kappa shape index (κ3) is 4.27. The van der Waals surface area contributed by atoms with Crippen molar-refractivity contribution in [2.24, 2.45) is 0 Å². The third-order valence-corrected chi connectivity index (χ3v) is 6.30. The van der Waals surface area contributed by atoms with E-state index in [1.165, 1.54) is 30.5 Å². The van der Waals surface area contributed by atoms with Gasteiger partial charge in [0.05, 0.1) is 15.1 Å². The van der Waals surface area contributed by atoms with Gasteiger partial charge in [0.15, 0.2) is 5.13 Å². The molecule has 0 atom stereocenters. The average Bonchev–Trinajstić information content (AvgIpc) is 3.01. The fraction of sp³-hybridized carbons (Fsp3) is 0.222. The molecule has 0 aliphatic rings. The lowest BCUT2D eigenvalue weighted by Gasteiger charge is -2.05. The van der Waals surface area contributed by atoms with Crippen LogP contribution in [0.15, 0.2) is 47.4 Å². The monoisotopic (exact) mass is 389 g/mol. The Morgan fingerprint density at radius 1 is 1.15 bits per heavy atom. The van der Waals surface area contributed by atoms with Crippen LogP contribution in [0.1, 0.15) is 17.5 Å². The lowest BCUT2D eigenvalue weighted by Crippen LogP contribution is -2.18. The quantitative estimate of drug-likeness (QED) is 0.678. The summed E-state index contributed by atoms with van der Waals surface area (Å²) in [6.45, 7) is 2.02. The van der Waals surface area contributed by atoms with Gasteiger partial charge in [-0.2, -0.15) is 0 Å². The van der Waals surface area contributed by atoms with E-state index < -0.39 is 10.0 Å². The summed E-state index contributed by atoms with van der Waals surface area (Å²) in [5, 5.41) is 3.42. The van der Waals surface area contributed by atoms with Gasteiger partial charge in [-0.05, 0) is 55.8 Å². The second-order valence-electron chi connectivity index (χ2n) is 5.89. The topological polar surface area (TPSA) is 88.2 Å². The molecule has 26 heavy (non-hydrogen) atoms. The maximum absolute atomic E-state index is 12.2. The summed E-state index contributed by atoms with van der Waals surface area (Å²) in [6.07, 6.45) is 0.822. The highest BCUT2D eigenvalue weighted by molar-refractivity contribution is 7.89. The van der Waals surface area contributed by atoms with Gasteiger partial charge >= 0.3 is 0 Å². The van der Waals surface area contributed by atoms with Gasteiger partial charge in [0.2, 0.25) is 15.9 Å². The maximum Gasteiger partial charge on any atom is 0.240 e. The SMILES string of the molecule is CNS(=O)(=O)c1ccc(CCC(=O)Nc2nc3ccc(C)cc3s2)cc1. The van der Waals surface area contributed by atoms with Gasteiger partial charge in [0.1, 0.15) is 0 Å². The van der Waals surface area contributed by atoms with Crippen LogP contribution in [-0.2, 0) is 21.2 Å². The Balaban J connectivity index is 1.59. The molecule has 1 heterocycles. The molecular formula is C18H19N3O3S2. The van der Waals surface area contributed by atoms with Crippen molar-refractivity contribution >= 4 is 42.6 Å². The molecule has 0 aliphatic heterocycles. The summed E-state index contributed by atoms with van der Waals surface area (Å²) in [7, 11) is -2.07. The largest absolute Gasteiger partial charge is 0.302 e. The van der Waals surface area contributed by atoms with E-state index in [1.807, 2.05) is 25.1 Å². The number of benzene rings is 2. The van der Waals surface area contributed by atoms with Crippen LogP contribution in [0.25, 0.3) is 10.2 Å². The molecule has 0 bridgehead atoms. The number of hydrogen-bond donors (Lipinski definition) is 2. The summed E-state index contributed by atoms with van der Waals surface area (Å²) < 4.78 is 26.7. The van der Waals surface area contributed by atoms with Gasteiger partial charge in [-0.1, -0.05) is 29.5 Å². The lowest BCUT2D eigenvalue weighted by atomic mass is 10.1. The van der Waals surface area contributed by atoms with Crippen molar-refractivity contribution in [1.29, 1.82) is 0 Å². The van der Waals surface area contributed by atoms with Crippen LogP contribution >= 0.6 is 11.3 Å². The van der Waals surface area contributed by atoms with Crippen LogP contribution in [0.2, 0.25) is 0 Å². The summed E-state index contributed by atoms with van der Waals surface area (Å²) in [6, 6.07) is 12.5. The Bertz CT molecular complexity index is 1040. The Kier molecular flexibility index (Phi) is 5.36. The summed E-state index contributed by atoms with van der Waals surface area (Å²) in [4.78, 5) is 16.8. The molecule has 0 spiro atoms. The minimum Gasteiger partial charge on any atom is -0.302 e. The molecule has 0 saturated heterocycles. The van der Waals surface area contributed by atoms with Crippen LogP contribution < -0.4 is 10.0 Å². The number of aromatic nitrogens is 1. The van der Waals surface area contributed by atoms with Gasteiger partial charge in [-0.15, -0.1) is 0 Å². The highest BCUT2D eigenvalue weighted by Gasteiger charge is 2.11. The van der Waals surface area contributed by atoms with Crippen molar-refractivity contribution in [3.05, 3.63) is 53.6 Å². The third-order valence-electron chi connectivity index (χ3n) is 3.93. The highest BCUT2D eigenvalue weighted by atomic mass is 32.2. The Labute approximate surface area is 156 Å². The molecule has 136 valence electrons. The number of nitrogens with zero attached hydrogens (tertiary/aromatic N) is 1. The van der Waals surface area contributed by atoms with E-state index >= 15 is 0 Å². The van der Waals surface area contributed by atoms with E-state index in [1.54, 1.807) is 12.1 Å². The minimum atomic E-state index is -3.44. The second kappa shape index (κ2) is 7.53. The number of aryl methyl sites for hydroxylation is 2. The number of carbonyl (C=O) groups is 1. The smallest absolute Gasteiger partial charge is 0.240 e. The number of anilines is 1. The molecule has 0 fully saturated rings. The average molecular weight is 390 g/mol. The molecule has 2 N–H and O–H groups in total.